The molecule has 1 saturated carbocycles. The summed E-state index contributed by atoms with van der Waals surface area (Å²) < 4.78 is 26.7. The summed E-state index contributed by atoms with van der Waals surface area (Å²) in [7, 11) is -3.65. The predicted molar refractivity (Wildman–Crippen MR) is 104 cm³/mol. The summed E-state index contributed by atoms with van der Waals surface area (Å²) in [6.07, 6.45) is 6.51. The Morgan fingerprint density at radius 2 is 1.75 bits per heavy atom. The van der Waals surface area contributed by atoms with Crippen LogP contribution >= 0.6 is 0 Å². The first kappa shape index (κ1) is 20.6. The van der Waals surface area contributed by atoms with Gasteiger partial charge in [0, 0.05) is 19.0 Å². The lowest BCUT2D eigenvalue weighted by Gasteiger charge is -2.20. The molecule has 0 aromatic heterocycles. The van der Waals surface area contributed by atoms with Crippen molar-refractivity contribution in [3.63, 3.8) is 0 Å². The van der Waals surface area contributed by atoms with Crippen molar-refractivity contribution in [2.45, 2.75) is 49.8 Å². The number of hydrogen-bond donors (Lipinski definition) is 3. The van der Waals surface area contributed by atoms with Crippen molar-refractivity contribution in [1.29, 1.82) is 0 Å². The minimum absolute atomic E-state index is 0.0113. The first-order valence-electron chi connectivity index (χ1n) is 9.78. The standard InChI is InChI=1S/C19H27N3O5S/c23-17-9-8-15(28(26,27)22-10-4-5-11-22)12-16(17)21-18(24)13-20-19(25)14-6-2-1-3-7-14/h8-9,12,14,23H,1-7,10-11,13H2,(H,20,25)(H,21,24). The van der Waals surface area contributed by atoms with E-state index in [1.165, 1.54) is 22.5 Å². The van der Waals surface area contributed by atoms with Crippen LogP contribution in [0.25, 0.3) is 0 Å². The molecular weight excluding hydrogens is 382 g/mol. The first-order valence-corrected chi connectivity index (χ1v) is 11.2. The molecule has 0 unspecified atom stereocenters. The molecule has 1 aromatic rings. The topological polar surface area (TPSA) is 116 Å². The number of carbonyl (C=O) groups excluding carboxylic acids is 2. The highest BCUT2D eigenvalue weighted by molar-refractivity contribution is 7.89. The van der Waals surface area contributed by atoms with Gasteiger partial charge >= 0.3 is 0 Å². The molecule has 3 N–H and O–H groups in total. The molecule has 0 spiro atoms. The smallest absolute Gasteiger partial charge is 0.243 e. The molecule has 1 aliphatic heterocycles. The third-order valence-corrected chi connectivity index (χ3v) is 7.24. The number of anilines is 1. The van der Waals surface area contributed by atoms with Gasteiger partial charge in [0.15, 0.2) is 0 Å². The zero-order chi connectivity index (χ0) is 20.1. The van der Waals surface area contributed by atoms with E-state index in [9.17, 15) is 23.1 Å². The van der Waals surface area contributed by atoms with Crippen LogP contribution in [0.3, 0.4) is 0 Å². The van der Waals surface area contributed by atoms with Crippen LogP contribution < -0.4 is 10.6 Å². The molecular formula is C19H27N3O5S. The zero-order valence-corrected chi connectivity index (χ0v) is 16.6. The zero-order valence-electron chi connectivity index (χ0n) is 15.8. The van der Waals surface area contributed by atoms with Crippen LogP contribution in [-0.2, 0) is 19.6 Å². The maximum atomic E-state index is 12.6. The monoisotopic (exact) mass is 409 g/mol. The Hall–Kier alpha value is -2.13. The molecule has 0 radical (unpaired) electrons. The van der Waals surface area contributed by atoms with E-state index < -0.39 is 15.9 Å². The lowest BCUT2D eigenvalue weighted by molar-refractivity contribution is -0.128. The fraction of sp³-hybridized carbons (Fsp3) is 0.579. The van der Waals surface area contributed by atoms with Crippen LogP contribution in [0.2, 0.25) is 0 Å². The highest BCUT2D eigenvalue weighted by Crippen LogP contribution is 2.29. The summed E-state index contributed by atoms with van der Waals surface area (Å²) in [5.74, 6) is -0.934. The molecule has 154 valence electrons. The van der Waals surface area contributed by atoms with Crippen LogP contribution in [-0.4, -0.2) is 49.3 Å². The molecule has 1 heterocycles. The predicted octanol–water partition coefficient (Wildman–Crippen LogP) is 1.81. The minimum Gasteiger partial charge on any atom is -0.506 e. The molecule has 2 fully saturated rings. The SMILES string of the molecule is O=C(CNC(=O)C1CCCCC1)Nc1cc(S(=O)(=O)N2CCCC2)ccc1O. The van der Waals surface area contributed by atoms with Gasteiger partial charge in [0.25, 0.3) is 0 Å². The van der Waals surface area contributed by atoms with E-state index in [4.69, 9.17) is 0 Å². The number of carbonyl (C=O) groups is 2. The average Bonchev–Trinajstić information content (AvgIpc) is 3.24. The minimum atomic E-state index is -3.65. The second-order valence-corrected chi connectivity index (χ2v) is 9.33. The van der Waals surface area contributed by atoms with Gasteiger partial charge in [0.1, 0.15) is 5.75 Å². The molecule has 1 aliphatic carbocycles. The van der Waals surface area contributed by atoms with Gasteiger partial charge in [-0.15, -0.1) is 0 Å². The number of phenolic OH excluding ortho intramolecular Hbond substituents is 1. The normalized spacial score (nSPS) is 18.7. The van der Waals surface area contributed by atoms with Gasteiger partial charge < -0.3 is 15.7 Å². The Kier molecular flexibility index (Phi) is 6.56. The van der Waals surface area contributed by atoms with Crippen molar-refractivity contribution in [1.82, 2.24) is 9.62 Å². The summed E-state index contributed by atoms with van der Waals surface area (Å²) in [5, 5.41) is 15.1. The van der Waals surface area contributed by atoms with Gasteiger partial charge in [0.05, 0.1) is 17.1 Å². The fourth-order valence-electron chi connectivity index (χ4n) is 3.72. The summed E-state index contributed by atoms with van der Waals surface area (Å²) >= 11 is 0. The number of sulfonamides is 1. The van der Waals surface area contributed by atoms with Crippen LogP contribution in [0.4, 0.5) is 5.69 Å². The quantitative estimate of drug-likeness (QED) is 0.620. The maximum absolute atomic E-state index is 12.6. The van der Waals surface area contributed by atoms with E-state index in [0.29, 0.717) is 13.1 Å². The number of benzene rings is 1. The number of amides is 2. The fourth-order valence-corrected chi connectivity index (χ4v) is 5.27. The van der Waals surface area contributed by atoms with E-state index in [-0.39, 0.29) is 34.7 Å². The molecule has 2 aliphatic rings. The number of phenols is 1. The van der Waals surface area contributed by atoms with Gasteiger partial charge in [-0.2, -0.15) is 4.31 Å². The van der Waals surface area contributed by atoms with Crippen molar-refractivity contribution in [3.05, 3.63) is 18.2 Å². The highest BCUT2D eigenvalue weighted by atomic mass is 32.2. The number of nitrogens with one attached hydrogen (secondary N) is 2. The lowest BCUT2D eigenvalue weighted by atomic mass is 9.89. The average molecular weight is 410 g/mol. The Balaban J connectivity index is 1.61. The Bertz CT molecular complexity index is 828. The number of hydrogen-bond acceptors (Lipinski definition) is 5. The van der Waals surface area contributed by atoms with Crippen LogP contribution in [0.1, 0.15) is 44.9 Å². The molecule has 0 atom stereocenters. The van der Waals surface area contributed by atoms with Crippen molar-refractivity contribution < 1.29 is 23.1 Å². The Labute approximate surface area is 165 Å². The van der Waals surface area contributed by atoms with Gasteiger partial charge in [-0.3, -0.25) is 9.59 Å². The summed E-state index contributed by atoms with van der Waals surface area (Å²) in [6, 6.07) is 3.83. The van der Waals surface area contributed by atoms with Crippen molar-refractivity contribution in [3.8, 4) is 5.75 Å². The molecule has 9 heteroatoms. The summed E-state index contributed by atoms with van der Waals surface area (Å²) in [5.41, 5.74) is 0.0113. The molecule has 2 amide bonds. The largest absolute Gasteiger partial charge is 0.506 e. The number of aromatic hydroxyl groups is 1. The van der Waals surface area contributed by atoms with Crippen molar-refractivity contribution in [2.75, 3.05) is 25.0 Å². The summed E-state index contributed by atoms with van der Waals surface area (Å²) in [6.45, 7) is 0.716. The molecule has 8 nitrogen and oxygen atoms in total. The van der Waals surface area contributed by atoms with E-state index in [0.717, 1.165) is 44.9 Å². The van der Waals surface area contributed by atoms with E-state index >= 15 is 0 Å². The van der Waals surface area contributed by atoms with E-state index in [2.05, 4.69) is 10.6 Å². The van der Waals surface area contributed by atoms with Crippen molar-refractivity contribution in [2.24, 2.45) is 5.92 Å². The number of nitrogens with zero attached hydrogens (tertiary/aromatic N) is 1. The Morgan fingerprint density at radius 1 is 1.07 bits per heavy atom. The number of rotatable bonds is 6. The third kappa shape index (κ3) is 4.82. The highest BCUT2D eigenvalue weighted by Gasteiger charge is 2.28. The van der Waals surface area contributed by atoms with Crippen LogP contribution in [0, 0.1) is 5.92 Å². The molecule has 3 rings (SSSR count). The lowest BCUT2D eigenvalue weighted by Crippen LogP contribution is -2.37. The molecule has 1 saturated heterocycles. The first-order chi connectivity index (χ1) is 13.4. The van der Waals surface area contributed by atoms with Crippen LogP contribution in [0.15, 0.2) is 23.1 Å². The van der Waals surface area contributed by atoms with E-state index in [1.54, 1.807) is 0 Å². The molecule has 0 bridgehead atoms. The van der Waals surface area contributed by atoms with Crippen molar-refractivity contribution >= 4 is 27.5 Å². The second-order valence-electron chi connectivity index (χ2n) is 7.39. The second kappa shape index (κ2) is 8.91. The third-order valence-electron chi connectivity index (χ3n) is 5.34. The van der Waals surface area contributed by atoms with Gasteiger partial charge in [-0.05, 0) is 43.9 Å². The summed E-state index contributed by atoms with van der Waals surface area (Å²) in [4.78, 5) is 24.3. The molecule has 1 aromatic carbocycles. The van der Waals surface area contributed by atoms with Crippen LogP contribution in [0.5, 0.6) is 5.75 Å². The Morgan fingerprint density at radius 3 is 2.43 bits per heavy atom. The molecule has 28 heavy (non-hydrogen) atoms. The van der Waals surface area contributed by atoms with Gasteiger partial charge in [-0.25, -0.2) is 8.42 Å². The van der Waals surface area contributed by atoms with Gasteiger partial charge in [-0.1, -0.05) is 19.3 Å². The van der Waals surface area contributed by atoms with E-state index in [1.807, 2.05) is 0 Å². The van der Waals surface area contributed by atoms with Gasteiger partial charge in [0.2, 0.25) is 21.8 Å². The maximum Gasteiger partial charge on any atom is 0.243 e.